The van der Waals surface area contributed by atoms with E-state index in [2.05, 4.69) is 56.3 Å². The average Bonchev–Trinajstić information content (AvgIpc) is 2.52. The number of methoxy groups -OCH3 is 1. The Hall–Kier alpha value is -0.717. The fraction of sp³-hybridized carbons (Fsp3) is 0.400. The van der Waals surface area contributed by atoms with Crippen LogP contribution in [0.15, 0.2) is 42.5 Å². The van der Waals surface area contributed by atoms with Crippen LogP contribution in [0.4, 0.5) is 0 Å². The maximum absolute atomic E-state index is 5.42. The van der Waals surface area contributed by atoms with E-state index in [9.17, 15) is 0 Å². The fourth-order valence-electron chi connectivity index (χ4n) is 2.63. The minimum absolute atomic E-state index is 0.740. The maximum atomic E-state index is 5.42. The van der Waals surface area contributed by atoms with E-state index >= 15 is 0 Å². The van der Waals surface area contributed by atoms with Crippen molar-refractivity contribution < 1.29 is 4.74 Å². The zero-order chi connectivity index (χ0) is 15.8. The first-order chi connectivity index (χ1) is 10.8. The molecule has 117 valence electrons. The molecular weight excluding hydrogens is 465 g/mol. The van der Waals surface area contributed by atoms with Crippen LogP contribution in [-0.4, -0.2) is 30.3 Å². The summed E-state index contributed by atoms with van der Waals surface area (Å²) in [5.41, 5.74) is 4.31. The first kappa shape index (κ1) is 17.6. The summed E-state index contributed by atoms with van der Waals surface area (Å²) in [7, 11) is 1.79. The molecule has 0 heterocycles. The molecule has 0 fully saturated rings. The van der Waals surface area contributed by atoms with Crippen molar-refractivity contribution in [2.45, 2.75) is 46.1 Å². The summed E-state index contributed by atoms with van der Waals surface area (Å²) in [6, 6.07) is 16.3. The van der Waals surface area contributed by atoms with Crippen molar-refractivity contribution in [3.63, 3.8) is 0 Å². The number of aryl methyl sites for hydroxylation is 2. The summed E-state index contributed by atoms with van der Waals surface area (Å²) in [5.74, 6) is 0. The predicted octanol–water partition coefficient (Wildman–Crippen LogP) is 3.39. The van der Waals surface area contributed by atoms with Crippen LogP contribution in [0, 0.1) is 0 Å². The number of hydrogen-bond donors (Lipinski definition) is 0. The minimum atomic E-state index is -0.845. The fourth-order valence-corrected chi connectivity index (χ4v) is 6.51. The van der Waals surface area contributed by atoms with Crippen molar-refractivity contribution in [3.8, 4) is 0 Å². The number of rotatable bonds is 8. The zero-order valence-corrected chi connectivity index (χ0v) is 17.4. The van der Waals surface area contributed by atoms with Gasteiger partial charge in [0, 0.05) is 0 Å². The van der Waals surface area contributed by atoms with Gasteiger partial charge in [-0.2, -0.15) is 0 Å². The first-order valence-corrected chi connectivity index (χ1v) is 11.7. The molecule has 0 saturated heterocycles. The Labute approximate surface area is 146 Å². The Balaban J connectivity index is 2.16. The van der Waals surface area contributed by atoms with Gasteiger partial charge in [-0.05, 0) is 0 Å². The van der Waals surface area contributed by atoms with Gasteiger partial charge in [0.15, 0.2) is 0 Å². The van der Waals surface area contributed by atoms with Crippen LogP contribution in [0.25, 0.3) is 0 Å². The van der Waals surface area contributed by atoms with Crippen molar-refractivity contribution >= 4 is 29.8 Å². The van der Waals surface area contributed by atoms with Crippen molar-refractivity contribution in [1.82, 2.24) is 0 Å². The molecule has 1 radical (unpaired) electrons. The van der Waals surface area contributed by atoms with Crippen LogP contribution in [0.2, 0.25) is 0 Å². The zero-order valence-electron chi connectivity index (χ0n) is 13.9. The molecule has 22 heavy (non-hydrogen) atoms. The SMILES string of the molecule is CCCc1cc[c]([Bi][c]2ccc(CCC)cc2COC)cc1. The summed E-state index contributed by atoms with van der Waals surface area (Å²) in [4.78, 5) is 0. The van der Waals surface area contributed by atoms with Gasteiger partial charge in [-0.25, -0.2) is 0 Å². The van der Waals surface area contributed by atoms with Crippen molar-refractivity contribution in [2.75, 3.05) is 7.11 Å². The Morgan fingerprint density at radius 2 is 1.50 bits per heavy atom. The van der Waals surface area contributed by atoms with Crippen LogP contribution in [0.3, 0.4) is 0 Å². The van der Waals surface area contributed by atoms with E-state index < -0.39 is 23.2 Å². The summed E-state index contributed by atoms with van der Waals surface area (Å²) in [6.07, 6.45) is 4.77. The number of hydrogen-bond acceptors (Lipinski definition) is 1. The molecule has 0 aliphatic carbocycles. The van der Waals surface area contributed by atoms with Gasteiger partial charge < -0.3 is 0 Å². The van der Waals surface area contributed by atoms with Crippen LogP contribution >= 0.6 is 0 Å². The second kappa shape index (κ2) is 9.43. The van der Waals surface area contributed by atoms with Crippen LogP contribution < -0.4 is 6.54 Å². The molecule has 2 aromatic rings. The van der Waals surface area contributed by atoms with E-state index in [4.69, 9.17) is 4.74 Å². The third-order valence-electron chi connectivity index (χ3n) is 3.71. The molecule has 0 aliphatic rings. The van der Waals surface area contributed by atoms with E-state index in [-0.39, 0.29) is 0 Å². The summed E-state index contributed by atoms with van der Waals surface area (Å²) < 4.78 is 8.54. The van der Waals surface area contributed by atoms with Gasteiger partial charge in [0.2, 0.25) is 0 Å². The first-order valence-electron chi connectivity index (χ1n) is 8.18. The molecule has 0 N–H and O–H groups in total. The van der Waals surface area contributed by atoms with E-state index in [1.54, 1.807) is 13.7 Å². The average molecular weight is 491 g/mol. The van der Waals surface area contributed by atoms with E-state index in [0.717, 1.165) is 13.0 Å². The Morgan fingerprint density at radius 1 is 0.864 bits per heavy atom. The molecule has 0 aliphatic heterocycles. The Morgan fingerprint density at radius 3 is 2.14 bits per heavy atom. The second-order valence-corrected chi connectivity index (χ2v) is 10.4. The van der Waals surface area contributed by atoms with Gasteiger partial charge in [-0.3, -0.25) is 0 Å². The number of benzene rings is 2. The summed E-state index contributed by atoms with van der Waals surface area (Å²) >= 11 is -0.845. The molecule has 0 bridgehead atoms. The Bertz CT molecular complexity index is 575. The van der Waals surface area contributed by atoms with Gasteiger partial charge >= 0.3 is 147 Å². The van der Waals surface area contributed by atoms with E-state index in [1.807, 2.05) is 0 Å². The second-order valence-electron chi connectivity index (χ2n) is 5.67. The van der Waals surface area contributed by atoms with Crippen LogP contribution in [-0.2, 0) is 24.2 Å². The third kappa shape index (κ3) is 5.18. The van der Waals surface area contributed by atoms with Gasteiger partial charge in [-0.15, -0.1) is 0 Å². The molecule has 2 heteroatoms. The van der Waals surface area contributed by atoms with Gasteiger partial charge in [0.05, 0.1) is 0 Å². The molecule has 0 aromatic heterocycles. The topological polar surface area (TPSA) is 9.23 Å². The van der Waals surface area contributed by atoms with Gasteiger partial charge in [0.1, 0.15) is 0 Å². The molecule has 0 atom stereocenters. The van der Waals surface area contributed by atoms with Gasteiger partial charge in [-0.1, -0.05) is 0 Å². The monoisotopic (exact) mass is 491 g/mol. The molecule has 0 spiro atoms. The molecule has 0 unspecified atom stereocenters. The molecule has 0 saturated carbocycles. The predicted molar refractivity (Wildman–Crippen MR) is 96.6 cm³/mol. The normalized spacial score (nSPS) is 10.9. The Kier molecular flexibility index (Phi) is 7.56. The van der Waals surface area contributed by atoms with Crippen molar-refractivity contribution in [2.24, 2.45) is 0 Å². The van der Waals surface area contributed by atoms with Crippen molar-refractivity contribution in [1.29, 1.82) is 0 Å². The van der Waals surface area contributed by atoms with Crippen LogP contribution in [0.5, 0.6) is 0 Å². The standard InChI is InChI=1S/C11H15O.C9H11.Bi/c1-3-5-10-6-4-7-11(8-10)9-12-2;1-2-6-9-7-4-3-5-8-9;/h4,6,8H,3,5,9H2,1-2H3;4-5,7-8H,2,6H2,1H3;. The molecule has 0 amide bonds. The summed E-state index contributed by atoms with van der Waals surface area (Å²) in [6.45, 7) is 5.21. The molecule has 2 aromatic carbocycles. The van der Waals surface area contributed by atoms with Gasteiger partial charge in [0.25, 0.3) is 0 Å². The van der Waals surface area contributed by atoms with E-state index in [1.165, 1.54) is 36.0 Å². The molecular formula is C20H26BiO. The van der Waals surface area contributed by atoms with Crippen LogP contribution in [0.1, 0.15) is 43.4 Å². The van der Waals surface area contributed by atoms with Crippen molar-refractivity contribution in [3.05, 3.63) is 59.2 Å². The summed E-state index contributed by atoms with van der Waals surface area (Å²) in [5, 5.41) is 0. The molecule has 1 nitrogen and oxygen atoms in total. The molecule has 2 rings (SSSR count). The number of ether oxygens (including phenoxy) is 1. The quantitative estimate of drug-likeness (QED) is 0.515. The third-order valence-corrected chi connectivity index (χ3v) is 8.50. The van der Waals surface area contributed by atoms with E-state index in [0.29, 0.717) is 0 Å².